The second-order valence-electron chi connectivity index (χ2n) is 5.56. The number of piperidine rings is 1. The van der Waals surface area contributed by atoms with Crippen molar-refractivity contribution in [3.05, 3.63) is 34.9 Å². The van der Waals surface area contributed by atoms with Crippen molar-refractivity contribution in [1.29, 1.82) is 0 Å². The average molecular weight is 281 g/mol. The zero-order valence-electron chi connectivity index (χ0n) is 12.0. The number of likely N-dealkylation sites (tertiary alicyclic amines) is 1. The highest BCUT2D eigenvalue weighted by Gasteiger charge is 2.20. The van der Waals surface area contributed by atoms with Gasteiger partial charge in [0.25, 0.3) is 0 Å². The van der Waals surface area contributed by atoms with Crippen molar-refractivity contribution in [2.24, 2.45) is 0 Å². The highest BCUT2D eigenvalue weighted by Crippen LogP contribution is 2.19. The van der Waals surface area contributed by atoms with Crippen molar-refractivity contribution in [2.75, 3.05) is 19.6 Å². The lowest BCUT2D eigenvalue weighted by Crippen LogP contribution is -2.43. The van der Waals surface area contributed by atoms with Gasteiger partial charge in [0.2, 0.25) is 0 Å². The molecule has 1 saturated heterocycles. The van der Waals surface area contributed by atoms with E-state index in [0.717, 1.165) is 5.02 Å². The van der Waals surface area contributed by atoms with E-state index in [1.54, 1.807) is 0 Å². The van der Waals surface area contributed by atoms with Gasteiger partial charge in [-0.25, -0.2) is 0 Å². The summed E-state index contributed by atoms with van der Waals surface area (Å²) >= 11 is 5.93. The van der Waals surface area contributed by atoms with E-state index in [9.17, 15) is 0 Å². The first-order valence-electron chi connectivity index (χ1n) is 7.43. The fourth-order valence-corrected chi connectivity index (χ4v) is 2.97. The Hall–Kier alpha value is -0.570. The van der Waals surface area contributed by atoms with Gasteiger partial charge in [-0.05, 0) is 63.5 Å². The number of hydrogen-bond donors (Lipinski definition) is 1. The predicted molar refractivity (Wildman–Crippen MR) is 82.8 cm³/mol. The molecular weight excluding hydrogens is 256 g/mol. The zero-order chi connectivity index (χ0) is 13.7. The van der Waals surface area contributed by atoms with E-state index >= 15 is 0 Å². The van der Waals surface area contributed by atoms with Crippen LogP contribution in [0.5, 0.6) is 0 Å². The first-order chi connectivity index (χ1) is 9.19. The van der Waals surface area contributed by atoms with Gasteiger partial charge in [0.1, 0.15) is 0 Å². The molecule has 19 heavy (non-hydrogen) atoms. The van der Waals surface area contributed by atoms with Crippen LogP contribution in [-0.2, 0) is 0 Å². The van der Waals surface area contributed by atoms with E-state index in [1.807, 2.05) is 12.1 Å². The maximum Gasteiger partial charge on any atom is 0.0406 e. The van der Waals surface area contributed by atoms with Gasteiger partial charge in [0, 0.05) is 17.1 Å². The Balaban J connectivity index is 1.80. The Morgan fingerprint density at radius 1 is 1.26 bits per heavy atom. The van der Waals surface area contributed by atoms with E-state index < -0.39 is 0 Å². The number of halogens is 1. The second-order valence-corrected chi connectivity index (χ2v) is 5.99. The van der Waals surface area contributed by atoms with E-state index in [-0.39, 0.29) is 0 Å². The lowest BCUT2D eigenvalue weighted by atomic mass is 10.0. The SMILES string of the molecule is CCCN1CCC(N[C@@H](C)c2ccc(Cl)cc2)CC1. The standard InChI is InChI=1S/C16H25ClN2/c1-3-10-19-11-8-16(9-12-19)18-13(2)14-4-6-15(17)7-5-14/h4-7,13,16,18H,3,8-12H2,1-2H3/t13-/m0/s1. The van der Waals surface area contributed by atoms with Crippen LogP contribution in [0.1, 0.15) is 44.7 Å². The van der Waals surface area contributed by atoms with Crippen LogP contribution in [0.15, 0.2) is 24.3 Å². The molecule has 1 aromatic rings. The summed E-state index contributed by atoms with van der Waals surface area (Å²) in [6, 6.07) is 9.23. The van der Waals surface area contributed by atoms with Crippen molar-refractivity contribution < 1.29 is 0 Å². The van der Waals surface area contributed by atoms with E-state index in [4.69, 9.17) is 11.6 Å². The van der Waals surface area contributed by atoms with Gasteiger partial charge in [0.15, 0.2) is 0 Å². The molecule has 1 fully saturated rings. The quantitative estimate of drug-likeness (QED) is 0.881. The molecule has 2 nitrogen and oxygen atoms in total. The molecule has 0 amide bonds. The van der Waals surface area contributed by atoms with Crippen molar-refractivity contribution in [2.45, 2.75) is 45.2 Å². The Bertz CT molecular complexity index is 369. The lowest BCUT2D eigenvalue weighted by Gasteiger charge is -2.33. The summed E-state index contributed by atoms with van der Waals surface area (Å²) in [4.78, 5) is 2.57. The molecule has 0 aromatic heterocycles. The van der Waals surface area contributed by atoms with Crippen molar-refractivity contribution in [3.8, 4) is 0 Å². The maximum absolute atomic E-state index is 5.93. The molecule has 3 heteroatoms. The normalized spacial score (nSPS) is 19.5. The number of nitrogens with one attached hydrogen (secondary N) is 1. The van der Waals surface area contributed by atoms with E-state index in [2.05, 4.69) is 36.2 Å². The molecule has 1 atom stereocenters. The monoisotopic (exact) mass is 280 g/mol. The number of rotatable bonds is 5. The van der Waals surface area contributed by atoms with Crippen LogP contribution in [-0.4, -0.2) is 30.6 Å². The highest BCUT2D eigenvalue weighted by atomic mass is 35.5. The first kappa shape index (κ1) is 14.8. The second kappa shape index (κ2) is 7.28. The third kappa shape index (κ3) is 4.48. The minimum Gasteiger partial charge on any atom is -0.307 e. The fourth-order valence-electron chi connectivity index (χ4n) is 2.84. The number of nitrogens with zero attached hydrogens (tertiary/aromatic N) is 1. The average Bonchev–Trinajstić information content (AvgIpc) is 2.42. The van der Waals surface area contributed by atoms with Gasteiger partial charge < -0.3 is 10.2 Å². The molecule has 0 saturated carbocycles. The van der Waals surface area contributed by atoms with Crippen LogP contribution in [0.3, 0.4) is 0 Å². The summed E-state index contributed by atoms with van der Waals surface area (Å²) in [6.45, 7) is 8.21. The number of benzene rings is 1. The first-order valence-corrected chi connectivity index (χ1v) is 7.80. The van der Waals surface area contributed by atoms with E-state index in [0.29, 0.717) is 12.1 Å². The molecule has 1 N–H and O–H groups in total. The minimum absolute atomic E-state index is 0.403. The molecule has 2 rings (SSSR count). The molecular formula is C16H25ClN2. The molecule has 0 unspecified atom stereocenters. The number of hydrogen-bond acceptors (Lipinski definition) is 2. The van der Waals surface area contributed by atoms with Gasteiger partial charge in [-0.2, -0.15) is 0 Å². The molecule has 0 radical (unpaired) electrons. The van der Waals surface area contributed by atoms with Crippen LogP contribution < -0.4 is 5.32 Å². The Morgan fingerprint density at radius 3 is 2.47 bits per heavy atom. The molecule has 0 spiro atoms. The summed E-state index contributed by atoms with van der Waals surface area (Å²) in [5, 5.41) is 4.56. The van der Waals surface area contributed by atoms with Gasteiger partial charge in [-0.3, -0.25) is 0 Å². The van der Waals surface area contributed by atoms with Gasteiger partial charge in [-0.1, -0.05) is 30.7 Å². The molecule has 1 heterocycles. The summed E-state index contributed by atoms with van der Waals surface area (Å²) < 4.78 is 0. The Morgan fingerprint density at radius 2 is 1.89 bits per heavy atom. The molecule has 1 aliphatic heterocycles. The fraction of sp³-hybridized carbons (Fsp3) is 0.625. The minimum atomic E-state index is 0.403. The topological polar surface area (TPSA) is 15.3 Å². The highest BCUT2D eigenvalue weighted by molar-refractivity contribution is 6.30. The van der Waals surface area contributed by atoms with Crippen molar-refractivity contribution >= 4 is 11.6 Å². The van der Waals surface area contributed by atoms with Crippen LogP contribution >= 0.6 is 11.6 Å². The van der Waals surface area contributed by atoms with Crippen LogP contribution in [0.2, 0.25) is 5.02 Å². The van der Waals surface area contributed by atoms with Gasteiger partial charge >= 0.3 is 0 Å². The summed E-state index contributed by atoms with van der Waals surface area (Å²) in [5.74, 6) is 0. The van der Waals surface area contributed by atoms with Gasteiger partial charge in [-0.15, -0.1) is 0 Å². The lowest BCUT2D eigenvalue weighted by molar-refractivity contribution is 0.192. The molecule has 1 aliphatic rings. The smallest absolute Gasteiger partial charge is 0.0406 e. The molecule has 1 aromatic carbocycles. The summed E-state index contributed by atoms with van der Waals surface area (Å²) in [5.41, 5.74) is 1.32. The maximum atomic E-state index is 5.93. The van der Waals surface area contributed by atoms with Crippen molar-refractivity contribution in [3.63, 3.8) is 0 Å². The third-order valence-electron chi connectivity index (χ3n) is 3.98. The Kier molecular flexibility index (Phi) is 5.68. The summed E-state index contributed by atoms with van der Waals surface area (Å²) in [6.07, 6.45) is 3.79. The van der Waals surface area contributed by atoms with Crippen LogP contribution in [0.4, 0.5) is 0 Å². The zero-order valence-corrected chi connectivity index (χ0v) is 12.8. The molecule has 106 valence electrons. The Labute approximate surface area is 122 Å². The molecule has 0 aliphatic carbocycles. The van der Waals surface area contributed by atoms with Crippen molar-refractivity contribution in [1.82, 2.24) is 10.2 Å². The molecule has 0 bridgehead atoms. The third-order valence-corrected chi connectivity index (χ3v) is 4.24. The largest absolute Gasteiger partial charge is 0.307 e. The van der Waals surface area contributed by atoms with Gasteiger partial charge in [0.05, 0.1) is 0 Å². The predicted octanol–water partition coefficient (Wildman–Crippen LogP) is 3.87. The van der Waals surface area contributed by atoms with Crippen LogP contribution in [0, 0.1) is 0 Å². The van der Waals surface area contributed by atoms with Crippen LogP contribution in [0.25, 0.3) is 0 Å². The summed E-state index contributed by atoms with van der Waals surface area (Å²) in [7, 11) is 0. The van der Waals surface area contributed by atoms with E-state index in [1.165, 1.54) is 44.5 Å².